The van der Waals surface area contributed by atoms with Crippen molar-refractivity contribution in [2.45, 2.75) is 39.5 Å². The van der Waals surface area contributed by atoms with Gasteiger partial charge in [0.25, 0.3) is 5.91 Å². The van der Waals surface area contributed by atoms with Crippen molar-refractivity contribution in [3.05, 3.63) is 71.3 Å². The van der Waals surface area contributed by atoms with Gasteiger partial charge in [0, 0.05) is 31.7 Å². The van der Waals surface area contributed by atoms with Crippen molar-refractivity contribution >= 4 is 11.8 Å². The average molecular weight is 424 g/mol. The SMILES string of the molecule is Cc1ccc(C(=O)NC(C(=O)NCC2CN(Cc3ccccc3)CCO2)C(C)C)cc1. The van der Waals surface area contributed by atoms with Crippen LogP contribution in [0.15, 0.2) is 54.6 Å². The van der Waals surface area contributed by atoms with Gasteiger partial charge in [-0.2, -0.15) is 0 Å². The van der Waals surface area contributed by atoms with Gasteiger partial charge >= 0.3 is 0 Å². The number of carbonyl (C=O) groups excluding carboxylic acids is 2. The van der Waals surface area contributed by atoms with Crippen LogP contribution in [0.4, 0.5) is 0 Å². The van der Waals surface area contributed by atoms with Crippen molar-refractivity contribution in [2.24, 2.45) is 5.92 Å². The number of nitrogens with zero attached hydrogens (tertiary/aromatic N) is 1. The standard InChI is InChI=1S/C25H33N3O3/c1-18(2)23(27-24(29)21-11-9-19(3)10-12-21)25(30)26-15-22-17-28(13-14-31-22)16-20-7-5-4-6-8-20/h4-12,18,22-23H,13-17H2,1-3H3,(H,26,30)(H,27,29). The van der Waals surface area contributed by atoms with Crippen LogP contribution in [-0.4, -0.2) is 55.1 Å². The van der Waals surface area contributed by atoms with Crippen LogP contribution in [0.3, 0.4) is 0 Å². The van der Waals surface area contributed by atoms with Crippen molar-refractivity contribution in [1.82, 2.24) is 15.5 Å². The molecule has 6 heteroatoms. The second-order valence-electron chi connectivity index (χ2n) is 8.52. The number of carbonyl (C=O) groups is 2. The lowest BCUT2D eigenvalue weighted by molar-refractivity contribution is -0.125. The molecule has 6 nitrogen and oxygen atoms in total. The number of rotatable bonds is 8. The Balaban J connectivity index is 1.51. The molecule has 0 bridgehead atoms. The summed E-state index contributed by atoms with van der Waals surface area (Å²) in [6.45, 7) is 9.41. The number of hydrogen-bond donors (Lipinski definition) is 2. The molecule has 2 aromatic rings. The van der Waals surface area contributed by atoms with Gasteiger partial charge in [0.05, 0.1) is 12.7 Å². The van der Waals surface area contributed by atoms with Gasteiger partial charge in [-0.3, -0.25) is 14.5 Å². The highest BCUT2D eigenvalue weighted by Crippen LogP contribution is 2.11. The lowest BCUT2D eigenvalue weighted by atomic mass is 10.0. The van der Waals surface area contributed by atoms with E-state index < -0.39 is 6.04 Å². The van der Waals surface area contributed by atoms with Crippen molar-refractivity contribution in [3.8, 4) is 0 Å². The molecule has 2 N–H and O–H groups in total. The Morgan fingerprint density at radius 3 is 2.48 bits per heavy atom. The first-order valence-electron chi connectivity index (χ1n) is 11.0. The number of nitrogens with one attached hydrogen (secondary N) is 2. The molecule has 2 amide bonds. The number of amides is 2. The molecule has 0 saturated carbocycles. The summed E-state index contributed by atoms with van der Waals surface area (Å²) < 4.78 is 5.85. The fraction of sp³-hybridized carbons (Fsp3) is 0.440. The second-order valence-corrected chi connectivity index (χ2v) is 8.52. The Bertz CT molecular complexity index is 852. The van der Waals surface area contributed by atoms with Crippen molar-refractivity contribution < 1.29 is 14.3 Å². The highest BCUT2D eigenvalue weighted by molar-refractivity contribution is 5.97. The van der Waals surface area contributed by atoms with E-state index in [1.807, 2.05) is 51.1 Å². The predicted octanol–water partition coefficient (Wildman–Crippen LogP) is 2.77. The molecule has 0 aliphatic carbocycles. The van der Waals surface area contributed by atoms with Crippen molar-refractivity contribution in [1.29, 1.82) is 0 Å². The molecule has 2 aromatic carbocycles. The lowest BCUT2D eigenvalue weighted by Crippen LogP contribution is -2.53. The zero-order valence-corrected chi connectivity index (χ0v) is 18.6. The van der Waals surface area contributed by atoms with Crippen LogP contribution in [-0.2, 0) is 16.1 Å². The van der Waals surface area contributed by atoms with Gasteiger partial charge in [-0.05, 0) is 30.5 Å². The van der Waals surface area contributed by atoms with Gasteiger partial charge in [-0.25, -0.2) is 0 Å². The van der Waals surface area contributed by atoms with Crippen LogP contribution in [0, 0.1) is 12.8 Å². The van der Waals surface area contributed by atoms with E-state index in [0.29, 0.717) is 18.7 Å². The maximum absolute atomic E-state index is 12.8. The van der Waals surface area contributed by atoms with E-state index in [0.717, 1.165) is 25.2 Å². The zero-order chi connectivity index (χ0) is 22.2. The fourth-order valence-corrected chi connectivity index (χ4v) is 3.68. The zero-order valence-electron chi connectivity index (χ0n) is 18.6. The number of benzene rings is 2. The Hall–Kier alpha value is -2.70. The molecule has 1 saturated heterocycles. The quantitative estimate of drug-likeness (QED) is 0.685. The summed E-state index contributed by atoms with van der Waals surface area (Å²) in [4.78, 5) is 27.7. The summed E-state index contributed by atoms with van der Waals surface area (Å²) in [5, 5.41) is 5.86. The highest BCUT2D eigenvalue weighted by Gasteiger charge is 2.27. The summed E-state index contributed by atoms with van der Waals surface area (Å²) in [6.07, 6.45) is -0.0676. The Morgan fingerprint density at radius 1 is 1.10 bits per heavy atom. The van der Waals surface area contributed by atoms with E-state index in [4.69, 9.17) is 4.74 Å². The fourth-order valence-electron chi connectivity index (χ4n) is 3.68. The minimum absolute atomic E-state index is 0.0312. The number of morpholine rings is 1. The maximum Gasteiger partial charge on any atom is 0.251 e. The molecule has 1 fully saturated rings. The third-order valence-corrected chi connectivity index (χ3v) is 5.53. The average Bonchev–Trinajstić information content (AvgIpc) is 2.77. The molecule has 3 rings (SSSR count). The molecule has 1 aliphatic heterocycles. The van der Waals surface area contributed by atoms with E-state index in [9.17, 15) is 9.59 Å². The number of ether oxygens (including phenoxy) is 1. The normalized spacial score (nSPS) is 17.9. The van der Waals surface area contributed by atoms with E-state index in [-0.39, 0.29) is 23.8 Å². The predicted molar refractivity (Wildman–Crippen MR) is 122 cm³/mol. The summed E-state index contributed by atoms with van der Waals surface area (Å²) >= 11 is 0. The van der Waals surface area contributed by atoms with Crippen molar-refractivity contribution in [2.75, 3.05) is 26.2 Å². The minimum atomic E-state index is -0.599. The summed E-state index contributed by atoms with van der Waals surface area (Å²) in [7, 11) is 0. The van der Waals surface area contributed by atoms with Gasteiger partial charge in [0.15, 0.2) is 0 Å². The lowest BCUT2D eigenvalue weighted by Gasteiger charge is -2.33. The van der Waals surface area contributed by atoms with Crippen LogP contribution in [0.5, 0.6) is 0 Å². The molecule has 0 spiro atoms. The monoisotopic (exact) mass is 423 g/mol. The summed E-state index contributed by atoms with van der Waals surface area (Å²) in [5.41, 5.74) is 2.91. The molecule has 31 heavy (non-hydrogen) atoms. The van der Waals surface area contributed by atoms with E-state index in [1.54, 1.807) is 12.1 Å². The molecule has 2 unspecified atom stereocenters. The van der Waals surface area contributed by atoms with Gasteiger partial charge in [0.1, 0.15) is 6.04 Å². The van der Waals surface area contributed by atoms with Crippen molar-refractivity contribution in [3.63, 3.8) is 0 Å². The Morgan fingerprint density at radius 2 is 1.81 bits per heavy atom. The van der Waals surface area contributed by atoms with Gasteiger partial charge < -0.3 is 15.4 Å². The number of aryl methyl sites for hydroxylation is 1. The summed E-state index contributed by atoms with van der Waals surface area (Å²) in [5.74, 6) is -0.452. The molecule has 2 atom stereocenters. The minimum Gasteiger partial charge on any atom is -0.374 e. The van der Waals surface area contributed by atoms with Crippen LogP contribution in [0.1, 0.15) is 35.3 Å². The molecule has 0 aromatic heterocycles. The van der Waals surface area contributed by atoms with Crippen LogP contribution in [0.2, 0.25) is 0 Å². The van der Waals surface area contributed by atoms with E-state index >= 15 is 0 Å². The third kappa shape index (κ3) is 6.91. The van der Waals surface area contributed by atoms with Gasteiger partial charge in [-0.1, -0.05) is 61.9 Å². The van der Waals surface area contributed by atoms with E-state index in [2.05, 4.69) is 27.7 Å². The maximum atomic E-state index is 12.8. The first kappa shape index (κ1) is 23.0. The van der Waals surface area contributed by atoms with Gasteiger partial charge in [-0.15, -0.1) is 0 Å². The van der Waals surface area contributed by atoms with Crippen LogP contribution in [0.25, 0.3) is 0 Å². The van der Waals surface area contributed by atoms with Gasteiger partial charge in [0.2, 0.25) is 5.91 Å². The largest absolute Gasteiger partial charge is 0.374 e. The Labute approximate surface area is 185 Å². The topological polar surface area (TPSA) is 70.7 Å². The molecule has 1 aliphatic rings. The highest BCUT2D eigenvalue weighted by atomic mass is 16.5. The first-order chi connectivity index (χ1) is 14.9. The van der Waals surface area contributed by atoms with Crippen LogP contribution < -0.4 is 10.6 Å². The molecular formula is C25H33N3O3. The third-order valence-electron chi connectivity index (χ3n) is 5.53. The molecule has 166 valence electrons. The summed E-state index contributed by atoms with van der Waals surface area (Å²) in [6, 6.07) is 17.1. The van der Waals surface area contributed by atoms with Crippen LogP contribution >= 0.6 is 0 Å². The van der Waals surface area contributed by atoms with E-state index in [1.165, 1.54) is 5.56 Å². The number of hydrogen-bond acceptors (Lipinski definition) is 4. The molecule has 1 heterocycles. The smallest absolute Gasteiger partial charge is 0.251 e. The Kier molecular flexibility index (Phi) is 8.20. The second kappa shape index (κ2) is 11.1. The molecule has 0 radical (unpaired) electrons. The molecular weight excluding hydrogens is 390 g/mol. The first-order valence-corrected chi connectivity index (χ1v) is 11.0.